The Kier molecular flexibility index (Phi) is 4.19. The Morgan fingerprint density at radius 1 is 1.45 bits per heavy atom. The van der Waals surface area contributed by atoms with Crippen molar-refractivity contribution < 1.29 is 19.4 Å². The molecule has 0 aromatic carbocycles. The van der Waals surface area contributed by atoms with Crippen LogP contribution in [-0.2, 0) is 11.8 Å². The summed E-state index contributed by atoms with van der Waals surface area (Å²) in [6.45, 7) is 2.74. The molecule has 20 heavy (non-hydrogen) atoms. The molecule has 0 atom stereocenters. The Balaban J connectivity index is 2.45. The number of carboxylic acid groups (broad SMARTS) is 1. The minimum Gasteiger partial charge on any atom is -0.492 e. The third-order valence-electron chi connectivity index (χ3n) is 2.95. The van der Waals surface area contributed by atoms with Gasteiger partial charge in [-0.25, -0.2) is 9.78 Å². The van der Waals surface area contributed by atoms with E-state index in [2.05, 4.69) is 10.1 Å². The van der Waals surface area contributed by atoms with Gasteiger partial charge in [0.25, 0.3) is 0 Å². The molecule has 0 aliphatic carbocycles. The van der Waals surface area contributed by atoms with Crippen LogP contribution in [-0.4, -0.2) is 46.2 Å². The number of aromatic carboxylic acids is 1. The van der Waals surface area contributed by atoms with Gasteiger partial charge in [-0.3, -0.25) is 4.68 Å². The van der Waals surface area contributed by atoms with Crippen LogP contribution in [0.3, 0.4) is 0 Å². The first-order valence-electron chi connectivity index (χ1n) is 6.23. The van der Waals surface area contributed by atoms with Gasteiger partial charge in [0, 0.05) is 33.4 Å². The number of ether oxygens (including phenoxy) is 2. The predicted molar refractivity (Wildman–Crippen MR) is 72.2 cm³/mol. The van der Waals surface area contributed by atoms with E-state index in [0.29, 0.717) is 42.1 Å². The number of aromatic nitrogens is 3. The SMILES string of the molecule is COCCCOc1c(C(=O)O)cnc2c1c(C)nn2C. The highest BCUT2D eigenvalue weighted by atomic mass is 16.5. The number of pyridine rings is 1. The summed E-state index contributed by atoms with van der Waals surface area (Å²) in [4.78, 5) is 15.4. The van der Waals surface area contributed by atoms with Gasteiger partial charge in [0.05, 0.1) is 17.7 Å². The lowest BCUT2D eigenvalue weighted by Gasteiger charge is -2.10. The van der Waals surface area contributed by atoms with Crippen molar-refractivity contribution in [2.45, 2.75) is 13.3 Å². The molecule has 0 unspecified atom stereocenters. The van der Waals surface area contributed by atoms with Gasteiger partial charge in [0.2, 0.25) is 0 Å². The summed E-state index contributed by atoms with van der Waals surface area (Å²) in [6.07, 6.45) is 1.98. The average molecular weight is 279 g/mol. The fourth-order valence-corrected chi connectivity index (χ4v) is 2.06. The maximum absolute atomic E-state index is 11.3. The quantitative estimate of drug-likeness (QED) is 0.804. The molecule has 108 valence electrons. The first-order chi connectivity index (χ1) is 9.56. The highest BCUT2D eigenvalue weighted by Crippen LogP contribution is 2.30. The number of hydrogen-bond donors (Lipinski definition) is 1. The van der Waals surface area contributed by atoms with Crippen LogP contribution >= 0.6 is 0 Å². The van der Waals surface area contributed by atoms with Crippen LogP contribution in [0.4, 0.5) is 0 Å². The molecule has 0 bridgehead atoms. The molecule has 0 aliphatic heterocycles. The van der Waals surface area contributed by atoms with E-state index in [0.717, 1.165) is 0 Å². The number of rotatable bonds is 6. The van der Waals surface area contributed by atoms with Crippen LogP contribution in [0.5, 0.6) is 5.75 Å². The van der Waals surface area contributed by atoms with Crippen molar-refractivity contribution in [3.05, 3.63) is 17.5 Å². The number of hydrogen-bond acceptors (Lipinski definition) is 5. The van der Waals surface area contributed by atoms with Crippen molar-refractivity contribution in [3.63, 3.8) is 0 Å². The lowest BCUT2D eigenvalue weighted by atomic mass is 10.1. The van der Waals surface area contributed by atoms with E-state index in [1.807, 2.05) is 0 Å². The second-order valence-electron chi connectivity index (χ2n) is 4.41. The Morgan fingerprint density at radius 2 is 2.20 bits per heavy atom. The smallest absolute Gasteiger partial charge is 0.341 e. The Labute approximate surface area is 116 Å². The van der Waals surface area contributed by atoms with Crippen molar-refractivity contribution in [2.24, 2.45) is 7.05 Å². The lowest BCUT2D eigenvalue weighted by molar-refractivity contribution is 0.0691. The van der Waals surface area contributed by atoms with Crippen molar-refractivity contribution in [1.29, 1.82) is 0 Å². The largest absolute Gasteiger partial charge is 0.492 e. The summed E-state index contributed by atoms with van der Waals surface area (Å²) in [7, 11) is 3.37. The molecule has 7 nitrogen and oxygen atoms in total. The van der Waals surface area contributed by atoms with Crippen LogP contribution in [0.1, 0.15) is 22.5 Å². The first kappa shape index (κ1) is 14.3. The highest BCUT2D eigenvalue weighted by Gasteiger charge is 2.20. The second-order valence-corrected chi connectivity index (χ2v) is 4.41. The number of methoxy groups -OCH3 is 1. The third-order valence-corrected chi connectivity index (χ3v) is 2.95. The van der Waals surface area contributed by atoms with E-state index in [9.17, 15) is 9.90 Å². The Morgan fingerprint density at radius 3 is 2.85 bits per heavy atom. The second kappa shape index (κ2) is 5.87. The summed E-state index contributed by atoms with van der Waals surface area (Å²) in [6, 6.07) is 0. The number of aryl methyl sites for hydroxylation is 2. The molecule has 0 spiro atoms. The van der Waals surface area contributed by atoms with Crippen molar-refractivity contribution in [3.8, 4) is 5.75 Å². The minimum atomic E-state index is -1.07. The summed E-state index contributed by atoms with van der Waals surface area (Å²) in [5, 5.41) is 14.1. The van der Waals surface area contributed by atoms with Crippen LogP contribution in [0.25, 0.3) is 11.0 Å². The molecule has 2 aromatic heterocycles. The minimum absolute atomic E-state index is 0.0472. The maximum Gasteiger partial charge on any atom is 0.341 e. The summed E-state index contributed by atoms with van der Waals surface area (Å²) < 4.78 is 12.2. The summed E-state index contributed by atoms with van der Waals surface area (Å²) >= 11 is 0. The monoisotopic (exact) mass is 279 g/mol. The first-order valence-corrected chi connectivity index (χ1v) is 6.23. The molecule has 0 fully saturated rings. The predicted octanol–water partition coefficient (Wildman–Crippen LogP) is 1.39. The molecule has 7 heteroatoms. The van der Waals surface area contributed by atoms with Gasteiger partial charge in [-0.2, -0.15) is 5.10 Å². The Hall–Kier alpha value is -2.15. The standard InChI is InChI=1S/C13H17N3O4/c1-8-10-11(20-6-4-5-19-3)9(13(17)18)7-14-12(10)16(2)15-8/h7H,4-6H2,1-3H3,(H,17,18). The molecule has 2 rings (SSSR count). The Bertz CT molecular complexity index is 636. The van der Waals surface area contributed by atoms with E-state index in [1.54, 1.807) is 25.8 Å². The number of fused-ring (bicyclic) bond motifs is 1. The summed E-state index contributed by atoms with van der Waals surface area (Å²) in [5.74, 6) is -0.742. The van der Waals surface area contributed by atoms with Crippen LogP contribution in [0.15, 0.2) is 6.20 Å². The maximum atomic E-state index is 11.3. The van der Waals surface area contributed by atoms with Crippen LogP contribution in [0, 0.1) is 6.92 Å². The van der Waals surface area contributed by atoms with E-state index < -0.39 is 5.97 Å². The molecule has 0 saturated carbocycles. The molecule has 2 heterocycles. The number of carboxylic acids is 1. The van der Waals surface area contributed by atoms with E-state index in [1.165, 1.54) is 6.20 Å². The molecular weight excluding hydrogens is 262 g/mol. The third kappa shape index (κ3) is 2.57. The van der Waals surface area contributed by atoms with Gasteiger partial charge < -0.3 is 14.6 Å². The fraction of sp³-hybridized carbons (Fsp3) is 0.462. The molecule has 0 aliphatic rings. The highest BCUT2D eigenvalue weighted by molar-refractivity contribution is 5.98. The van der Waals surface area contributed by atoms with Gasteiger partial charge in [0.15, 0.2) is 5.65 Å². The van der Waals surface area contributed by atoms with Gasteiger partial charge in [-0.15, -0.1) is 0 Å². The zero-order valence-electron chi connectivity index (χ0n) is 11.7. The molecule has 0 saturated heterocycles. The molecule has 0 radical (unpaired) electrons. The average Bonchev–Trinajstić information content (AvgIpc) is 2.70. The zero-order chi connectivity index (χ0) is 14.7. The van der Waals surface area contributed by atoms with Crippen molar-refractivity contribution in [2.75, 3.05) is 20.3 Å². The van der Waals surface area contributed by atoms with Gasteiger partial charge in [-0.05, 0) is 6.92 Å². The van der Waals surface area contributed by atoms with Crippen LogP contribution in [0.2, 0.25) is 0 Å². The molecule has 0 amide bonds. The van der Waals surface area contributed by atoms with Crippen LogP contribution < -0.4 is 4.74 Å². The molecule has 2 aromatic rings. The van der Waals surface area contributed by atoms with Crippen molar-refractivity contribution >= 4 is 17.0 Å². The van der Waals surface area contributed by atoms with Gasteiger partial charge in [-0.1, -0.05) is 0 Å². The van der Waals surface area contributed by atoms with Gasteiger partial charge >= 0.3 is 5.97 Å². The zero-order valence-corrected chi connectivity index (χ0v) is 11.7. The topological polar surface area (TPSA) is 86.5 Å². The fourth-order valence-electron chi connectivity index (χ4n) is 2.06. The molecular formula is C13H17N3O4. The van der Waals surface area contributed by atoms with E-state index >= 15 is 0 Å². The summed E-state index contributed by atoms with van der Waals surface area (Å²) in [5.41, 5.74) is 1.35. The van der Waals surface area contributed by atoms with Gasteiger partial charge in [0.1, 0.15) is 11.3 Å². The number of carbonyl (C=O) groups is 1. The number of nitrogens with zero attached hydrogens (tertiary/aromatic N) is 3. The normalized spacial score (nSPS) is 10.9. The lowest BCUT2D eigenvalue weighted by Crippen LogP contribution is -2.08. The van der Waals surface area contributed by atoms with E-state index in [-0.39, 0.29) is 5.56 Å². The van der Waals surface area contributed by atoms with Crippen molar-refractivity contribution in [1.82, 2.24) is 14.8 Å². The van der Waals surface area contributed by atoms with E-state index in [4.69, 9.17) is 9.47 Å². The molecule has 1 N–H and O–H groups in total.